The molecule has 24 heavy (non-hydrogen) atoms. The zero-order chi connectivity index (χ0) is 17.5. The molecule has 0 radical (unpaired) electrons. The van der Waals surface area contributed by atoms with Crippen molar-refractivity contribution < 1.29 is 19.4 Å². The second kappa shape index (κ2) is 8.49. The van der Waals surface area contributed by atoms with E-state index >= 15 is 0 Å². The maximum atomic E-state index is 11.6. The first-order valence-corrected chi connectivity index (χ1v) is 8.40. The molecule has 1 amide bonds. The van der Waals surface area contributed by atoms with Gasteiger partial charge in [-0.2, -0.15) is 5.10 Å². The topological polar surface area (TPSA) is 103 Å². The lowest BCUT2D eigenvalue weighted by molar-refractivity contribution is -0.305. The Morgan fingerprint density at radius 2 is 2.08 bits per heavy atom. The molecule has 8 heteroatoms. The first kappa shape index (κ1) is 18.0. The summed E-state index contributed by atoms with van der Waals surface area (Å²) in [7, 11) is 0. The summed E-state index contributed by atoms with van der Waals surface area (Å²) in [6.07, 6.45) is 0.597. The van der Waals surface area contributed by atoms with E-state index in [0.717, 1.165) is 29.5 Å². The van der Waals surface area contributed by atoms with E-state index in [1.165, 1.54) is 0 Å². The summed E-state index contributed by atoms with van der Waals surface area (Å²) in [5.41, 5.74) is 1.55. The molecule has 0 bridgehead atoms. The van der Waals surface area contributed by atoms with Crippen molar-refractivity contribution >= 4 is 34.5 Å². The number of rotatable bonds is 7. The molecule has 1 heterocycles. The zero-order valence-electron chi connectivity index (χ0n) is 13.4. The Labute approximate surface area is 144 Å². The van der Waals surface area contributed by atoms with Gasteiger partial charge in [0, 0.05) is 12.4 Å². The van der Waals surface area contributed by atoms with Crippen LogP contribution in [-0.4, -0.2) is 34.6 Å². The minimum absolute atomic E-state index is 0.286. The Morgan fingerprint density at radius 1 is 1.38 bits per heavy atom. The van der Waals surface area contributed by atoms with Gasteiger partial charge in [0.1, 0.15) is 5.75 Å². The summed E-state index contributed by atoms with van der Waals surface area (Å²) < 4.78 is 5.52. The van der Waals surface area contributed by atoms with Crippen LogP contribution in [0.3, 0.4) is 0 Å². The van der Waals surface area contributed by atoms with Crippen molar-refractivity contribution in [2.45, 2.75) is 31.9 Å². The molecule has 1 N–H and O–H groups in total. The molecule has 2 rings (SSSR count). The van der Waals surface area contributed by atoms with E-state index in [0.29, 0.717) is 12.3 Å². The summed E-state index contributed by atoms with van der Waals surface area (Å²) in [5, 5.41) is 20.7. The Morgan fingerprint density at radius 3 is 2.71 bits per heavy atom. The van der Waals surface area contributed by atoms with Crippen LogP contribution in [0.5, 0.6) is 5.75 Å². The molecule has 1 aliphatic rings. The highest BCUT2D eigenvalue weighted by Gasteiger charge is 2.30. The molecule has 1 aliphatic heterocycles. The van der Waals surface area contributed by atoms with Crippen LogP contribution in [0.15, 0.2) is 34.5 Å². The van der Waals surface area contributed by atoms with Gasteiger partial charge in [-0.3, -0.25) is 4.79 Å². The highest BCUT2D eigenvalue weighted by Crippen LogP contribution is 2.22. The molecule has 7 nitrogen and oxygen atoms in total. The van der Waals surface area contributed by atoms with E-state index in [-0.39, 0.29) is 11.6 Å². The first-order chi connectivity index (χ1) is 11.5. The standard InChI is InChI=1S/C16H19N3O4S/c1-3-8-23-12-6-4-11(5-7-12)10(2)18-19-16-17-15(22)13(24-16)9-14(20)21/h4-7,13H,3,8-9H2,1-2H3,(H,20,21)(H,17,19,22)/p-1/b18-10+/t13-/m0/s1. The van der Waals surface area contributed by atoms with Gasteiger partial charge in [-0.25, -0.2) is 0 Å². The Bertz CT molecular complexity index is 670. The second-order valence-corrected chi connectivity index (χ2v) is 6.33. The third-order valence-corrected chi connectivity index (χ3v) is 4.24. The molecule has 0 aromatic heterocycles. The van der Waals surface area contributed by atoms with Crippen LogP contribution >= 0.6 is 11.8 Å². The van der Waals surface area contributed by atoms with Crippen molar-refractivity contribution in [3.05, 3.63) is 29.8 Å². The highest BCUT2D eigenvalue weighted by atomic mass is 32.2. The first-order valence-electron chi connectivity index (χ1n) is 7.52. The number of carboxylic acid groups (broad SMARTS) is 1. The fourth-order valence-electron chi connectivity index (χ4n) is 1.93. The number of amidine groups is 1. The predicted octanol–water partition coefficient (Wildman–Crippen LogP) is 0.927. The normalized spacial score (nSPS) is 19.4. The molecular weight excluding hydrogens is 330 g/mol. The Hall–Kier alpha value is -2.35. The average Bonchev–Trinajstić information content (AvgIpc) is 2.90. The molecule has 0 saturated carbocycles. The molecule has 1 saturated heterocycles. The van der Waals surface area contributed by atoms with Crippen LogP contribution in [0, 0.1) is 0 Å². The minimum Gasteiger partial charge on any atom is -0.550 e. The van der Waals surface area contributed by atoms with Crippen molar-refractivity contribution in [2.24, 2.45) is 10.2 Å². The van der Waals surface area contributed by atoms with Gasteiger partial charge < -0.3 is 20.0 Å². The van der Waals surface area contributed by atoms with E-state index in [4.69, 9.17) is 4.74 Å². The molecule has 1 fully saturated rings. The molecular formula is C16H18N3O4S-. The van der Waals surface area contributed by atoms with Crippen molar-refractivity contribution in [3.63, 3.8) is 0 Å². The molecule has 1 aromatic rings. The van der Waals surface area contributed by atoms with Gasteiger partial charge in [-0.05, 0) is 43.2 Å². The van der Waals surface area contributed by atoms with Gasteiger partial charge in [-0.15, -0.1) is 5.10 Å². The minimum atomic E-state index is -1.27. The second-order valence-electron chi connectivity index (χ2n) is 5.14. The van der Waals surface area contributed by atoms with Crippen LogP contribution in [0.25, 0.3) is 0 Å². The quantitative estimate of drug-likeness (QED) is 0.583. The molecule has 0 unspecified atom stereocenters. The van der Waals surface area contributed by atoms with Gasteiger partial charge >= 0.3 is 0 Å². The highest BCUT2D eigenvalue weighted by molar-refractivity contribution is 8.15. The van der Waals surface area contributed by atoms with Crippen molar-refractivity contribution in [2.75, 3.05) is 6.61 Å². The average molecular weight is 348 g/mol. The van der Waals surface area contributed by atoms with E-state index in [9.17, 15) is 14.7 Å². The molecule has 0 spiro atoms. The van der Waals surface area contributed by atoms with Crippen LogP contribution in [0.1, 0.15) is 32.3 Å². The number of benzene rings is 1. The number of ether oxygens (including phenoxy) is 1. The number of carbonyl (C=O) groups excluding carboxylic acids is 2. The third-order valence-electron chi connectivity index (χ3n) is 3.16. The summed E-state index contributed by atoms with van der Waals surface area (Å²) >= 11 is 1.04. The Balaban J connectivity index is 2.00. The predicted molar refractivity (Wildman–Crippen MR) is 91.0 cm³/mol. The SMILES string of the molecule is CCCOc1ccc(/C(C)=N/N=C2\NC(=O)[C@H](CC(=O)[O-])S2)cc1. The van der Waals surface area contributed by atoms with Gasteiger partial charge in [0.2, 0.25) is 5.91 Å². The van der Waals surface area contributed by atoms with Crippen LogP contribution in [0.4, 0.5) is 0 Å². The zero-order valence-corrected chi connectivity index (χ0v) is 14.3. The van der Waals surface area contributed by atoms with E-state index < -0.39 is 17.1 Å². The number of hydrogen-bond donors (Lipinski definition) is 1. The smallest absolute Gasteiger partial charge is 0.239 e. The van der Waals surface area contributed by atoms with Crippen molar-refractivity contribution in [3.8, 4) is 5.75 Å². The Kier molecular flexibility index (Phi) is 6.36. The number of hydrogen-bond acceptors (Lipinski definition) is 7. The van der Waals surface area contributed by atoms with Crippen molar-refractivity contribution in [1.82, 2.24) is 5.32 Å². The van der Waals surface area contributed by atoms with Gasteiger partial charge in [0.25, 0.3) is 0 Å². The van der Waals surface area contributed by atoms with Crippen LogP contribution in [-0.2, 0) is 9.59 Å². The van der Waals surface area contributed by atoms with E-state index in [2.05, 4.69) is 15.5 Å². The lowest BCUT2D eigenvalue weighted by Gasteiger charge is -2.05. The third kappa shape index (κ3) is 5.09. The summed E-state index contributed by atoms with van der Waals surface area (Å²) in [5.74, 6) is -0.870. The lowest BCUT2D eigenvalue weighted by atomic mass is 10.1. The lowest BCUT2D eigenvalue weighted by Crippen LogP contribution is -2.31. The fraction of sp³-hybridized carbons (Fsp3) is 0.375. The maximum absolute atomic E-state index is 11.6. The van der Waals surface area contributed by atoms with Gasteiger partial charge in [0.05, 0.1) is 17.6 Å². The van der Waals surface area contributed by atoms with Gasteiger partial charge in [-0.1, -0.05) is 18.7 Å². The number of amides is 1. The number of nitrogens with one attached hydrogen (secondary N) is 1. The summed E-state index contributed by atoms with van der Waals surface area (Å²) in [4.78, 5) is 22.2. The molecule has 0 aliphatic carbocycles. The van der Waals surface area contributed by atoms with E-state index in [1.54, 1.807) is 6.92 Å². The fourth-order valence-corrected chi connectivity index (χ4v) is 2.83. The maximum Gasteiger partial charge on any atom is 0.239 e. The molecule has 128 valence electrons. The summed E-state index contributed by atoms with van der Waals surface area (Å²) in [6, 6.07) is 7.48. The molecule has 1 atom stereocenters. The number of carbonyl (C=O) groups is 2. The number of thioether (sulfide) groups is 1. The van der Waals surface area contributed by atoms with Crippen LogP contribution in [0.2, 0.25) is 0 Å². The largest absolute Gasteiger partial charge is 0.550 e. The molecule has 1 aromatic carbocycles. The number of carboxylic acids is 1. The van der Waals surface area contributed by atoms with E-state index in [1.807, 2.05) is 31.2 Å². The monoisotopic (exact) mass is 348 g/mol. The van der Waals surface area contributed by atoms with Gasteiger partial charge in [0.15, 0.2) is 5.17 Å². The van der Waals surface area contributed by atoms with Crippen LogP contribution < -0.4 is 15.2 Å². The number of nitrogens with zero attached hydrogens (tertiary/aromatic N) is 2. The van der Waals surface area contributed by atoms with Crippen molar-refractivity contribution in [1.29, 1.82) is 0 Å². The summed E-state index contributed by atoms with van der Waals surface area (Å²) in [6.45, 7) is 4.51. The number of aliphatic carboxylic acids is 1.